The number of pyridine rings is 1. The molecule has 33 heavy (non-hydrogen) atoms. The Balaban J connectivity index is 1.10. The van der Waals surface area contributed by atoms with Crippen LogP contribution in [0.3, 0.4) is 0 Å². The minimum atomic E-state index is 0.00731. The summed E-state index contributed by atoms with van der Waals surface area (Å²) in [5, 5.41) is 8.21. The van der Waals surface area contributed by atoms with Gasteiger partial charge in [0.1, 0.15) is 0 Å². The second kappa shape index (κ2) is 11.6. The third-order valence-electron chi connectivity index (χ3n) is 5.23. The van der Waals surface area contributed by atoms with Crippen LogP contribution in [0.5, 0.6) is 0 Å². The molecule has 0 spiro atoms. The Morgan fingerprint density at radius 3 is 2.73 bits per heavy atom. The first-order chi connectivity index (χ1) is 16.2. The molecule has 1 N–H and O–H groups in total. The van der Waals surface area contributed by atoms with Gasteiger partial charge in [0.15, 0.2) is 10.2 Å². The van der Waals surface area contributed by atoms with Gasteiger partial charge in [-0.15, -0.1) is 11.3 Å². The van der Waals surface area contributed by atoms with Crippen molar-refractivity contribution in [1.82, 2.24) is 9.97 Å². The average molecular weight is 476 g/mol. The van der Waals surface area contributed by atoms with Crippen molar-refractivity contribution in [3.05, 3.63) is 77.9 Å². The monoisotopic (exact) mass is 475 g/mol. The molecule has 7 heteroatoms. The third kappa shape index (κ3) is 6.66. The molecule has 0 aliphatic rings. The fourth-order valence-electron chi connectivity index (χ4n) is 3.45. The Morgan fingerprint density at radius 1 is 1.00 bits per heavy atom. The van der Waals surface area contributed by atoms with Crippen molar-refractivity contribution in [2.45, 2.75) is 32.1 Å². The van der Waals surface area contributed by atoms with Crippen LogP contribution in [0.4, 0.5) is 5.13 Å². The van der Waals surface area contributed by atoms with Crippen LogP contribution in [0, 0.1) is 0 Å². The first-order valence-electron chi connectivity index (χ1n) is 11.0. The van der Waals surface area contributed by atoms with E-state index in [-0.39, 0.29) is 5.91 Å². The van der Waals surface area contributed by atoms with Gasteiger partial charge < -0.3 is 10.1 Å². The largest absolute Gasteiger partial charge is 0.483 e. The van der Waals surface area contributed by atoms with Crippen molar-refractivity contribution >= 4 is 50.4 Å². The summed E-state index contributed by atoms with van der Waals surface area (Å²) in [5.74, 6) is 0.00731. The average Bonchev–Trinajstić information content (AvgIpc) is 3.32. The van der Waals surface area contributed by atoms with Crippen LogP contribution in [0.15, 0.2) is 72.4 Å². The summed E-state index contributed by atoms with van der Waals surface area (Å²) in [4.78, 5) is 20.8. The number of nitrogens with zero attached hydrogens (tertiary/aromatic N) is 2. The van der Waals surface area contributed by atoms with Gasteiger partial charge in [-0.2, -0.15) is 0 Å². The molecule has 0 aliphatic heterocycles. The molecule has 4 aromatic rings. The Bertz CT molecular complexity index is 1220. The van der Waals surface area contributed by atoms with E-state index in [1.807, 2.05) is 66.2 Å². The number of fused-ring (bicyclic) bond motifs is 1. The van der Waals surface area contributed by atoms with Crippen molar-refractivity contribution in [3.63, 3.8) is 0 Å². The zero-order chi connectivity index (χ0) is 22.9. The predicted octanol–water partition coefficient (Wildman–Crippen LogP) is 6.64. The standard InChI is InChI=1S/C26H25N3O2S2/c30-24(29-26-28-23(18-33-26)19-8-4-3-5-9-19)10-6-1-2-7-15-31-25(32)21-11-12-22-17-27-14-13-20(22)16-21/h3-5,8-9,11-14,16-18H,1-2,6-7,10,15H2,(H,28,29,30). The number of unbranched alkanes of at least 4 members (excludes halogenated alkanes) is 3. The molecule has 0 saturated heterocycles. The normalized spacial score (nSPS) is 10.8. The van der Waals surface area contributed by atoms with Crippen molar-refractivity contribution in [1.29, 1.82) is 0 Å². The minimum absolute atomic E-state index is 0.00731. The molecule has 0 fully saturated rings. The zero-order valence-corrected chi connectivity index (χ0v) is 19.8. The molecule has 0 aliphatic carbocycles. The Morgan fingerprint density at radius 2 is 1.85 bits per heavy atom. The molecule has 5 nitrogen and oxygen atoms in total. The molecule has 168 valence electrons. The second-order valence-corrected chi connectivity index (χ2v) is 8.92. The molecule has 0 saturated carbocycles. The molecular formula is C26H25N3O2S2. The fourth-order valence-corrected chi connectivity index (χ4v) is 4.40. The van der Waals surface area contributed by atoms with E-state index in [4.69, 9.17) is 17.0 Å². The number of aromatic nitrogens is 2. The first kappa shape index (κ1) is 23.0. The summed E-state index contributed by atoms with van der Waals surface area (Å²) < 4.78 is 5.75. The van der Waals surface area contributed by atoms with E-state index >= 15 is 0 Å². The van der Waals surface area contributed by atoms with E-state index < -0.39 is 0 Å². The fraction of sp³-hybridized carbons (Fsp3) is 0.231. The highest BCUT2D eigenvalue weighted by Crippen LogP contribution is 2.24. The van der Waals surface area contributed by atoms with Gasteiger partial charge in [0, 0.05) is 40.7 Å². The van der Waals surface area contributed by atoms with Crippen LogP contribution in [-0.4, -0.2) is 27.5 Å². The molecule has 0 radical (unpaired) electrons. The van der Waals surface area contributed by atoms with Gasteiger partial charge in [-0.25, -0.2) is 4.98 Å². The van der Waals surface area contributed by atoms with Crippen molar-refractivity contribution in [3.8, 4) is 11.3 Å². The van der Waals surface area contributed by atoms with Gasteiger partial charge in [0.25, 0.3) is 0 Å². The van der Waals surface area contributed by atoms with E-state index in [0.717, 1.165) is 53.3 Å². The Labute approximate surface area is 202 Å². The summed E-state index contributed by atoms with van der Waals surface area (Å²) >= 11 is 6.87. The molecule has 0 unspecified atom stereocenters. The number of carbonyl (C=O) groups excluding carboxylic acids is 1. The summed E-state index contributed by atoms with van der Waals surface area (Å²) in [6.07, 6.45) is 7.81. The number of rotatable bonds is 10. The van der Waals surface area contributed by atoms with Crippen LogP contribution in [0.1, 0.15) is 37.7 Å². The first-order valence-corrected chi connectivity index (χ1v) is 12.3. The maximum Gasteiger partial charge on any atom is 0.226 e. The van der Waals surface area contributed by atoms with Crippen LogP contribution in [0.25, 0.3) is 22.0 Å². The summed E-state index contributed by atoms with van der Waals surface area (Å²) in [6.45, 7) is 0.584. The molecule has 0 atom stereocenters. The SMILES string of the molecule is O=C(CCCCCCOC(=S)c1ccc2cnccc2c1)Nc1nc(-c2ccccc2)cs1. The van der Waals surface area contributed by atoms with E-state index in [2.05, 4.69) is 15.3 Å². The van der Waals surface area contributed by atoms with Crippen molar-refractivity contribution < 1.29 is 9.53 Å². The van der Waals surface area contributed by atoms with Crippen molar-refractivity contribution in [2.75, 3.05) is 11.9 Å². The van der Waals surface area contributed by atoms with Gasteiger partial charge in [0.2, 0.25) is 5.91 Å². The van der Waals surface area contributed by atoms with Gasteiger partial charge in [-0.1, -0.05) is 49.2 Å². The third-order valence-corrected chi connectivity index (χ3v) is 6.34. The predicted molar refractivity (Wildman–Crippen MR) is 139 cm³/mol. The summed E-state index contributed by atoms with van der Waals surface area (Å²) in [6, 6.07) is 17.9. The smallest absolute Gasteiger partial charge is 0.226 e. The van der Waals surface area contributed by atoms with Crippen molar-refractivity contribution in [2.24, 2.45) is 0 Å². The zero-order valence-electron chi connectivity index (χ0n) is 18.2. The number of ether oxygens (including phenoxy) is 1. The van der Waals surface area contributed by atoms with Gasteiger partial charge in [-0.3, -0.25) is 9.78 Å². The minimum Gasteiger partial charge on any atom is -0.483 e. The number of anilines is 1. The van der Waals surface area contributed by atoms with E-state index in [0.29, 0.717) is 23.2 Å². The maximum absolute atomic E-state index is 12.2. The topological polar surface area (TPSA) is 64.1 Å². The number of hydrogen-bond donors (Lipinski definition) is 1. The molecule has 4 rings (SSSR count). The number of thiazole rings is 1. The van der Waals surface area contributed by atoms with Crippen LogP contribution in [-0.2, 0) is 9.53 Å². The molecular weight excluding hydrogens is 450 g/mol. The Hall–Kier alpha value is -3.16. The highest BCUT2D eigenvalue weighted by molar-refractivity contribution is 7.80. The van der Waals surface area contributed by atoms with Gasteiger partial charge in [-0.05, 0) is 48.6 Å². The van der Waals surface area contributed by atoms with Crippen LogP contribution in [0.2, 0.25) is 0 Å². The lowest BCUT2D eigenvalue weighted by Crippen LogP contribution is -2.10. The molecule has 1 amide bonds. The van der Waals surface area contributed by atoms with Gasteiger partial charge >= 0.3 is 0 Å². The number of amides is 1. The number of thiocarbonyl (C=S) groups is 1. The van der Waals surface area contributed by atoms with Crippen LogP contribution >= 0.6 is 23.6 Å². The summed E-state index contributed by atoms with van der Waals surface area (Å²) in [7, 11) is 0. The number of hydrogen-bond acceptors (Lipinski definition) is 6. The summed E-state index contributed by atoms with van der Waals surface area (Å²) in [5.41, 5.74) is 2.85. The Kier molecular flexibility index (Phi) is 8.11. The number of nitrogens with one attached hydrogen (secondary N) is 1. The maximum atomic E-state index is 12.2. The van der Waals surface area contributed by atoms with Crippen LogP contribution < -0.4 is 5.32 Å². The number of carbonyl (C=O) groups is 1. The second-order valence-electron chi connectivity index (χ2n) is 7.69. The quantitative estimate of drug-likeness (QED) is 0.206. The van der Waals surface area contributed by atoms with Gasteiger partial charge in [0.05, 0.1) is 12.3 Å². The highest BCUT2D eigenvalue weighted by atomic mass is 32.1. The molecule has 2 aromatic heterocycles. The van der Waals surface area contributed by atoms with E-state index in [1.165, 1.54) is 11.3 Å². The lowest BCUT2D eigenvalue weighted by atomic mass is 10.1. The highest BCUT2D eigenvalue weighted by Gasteiger charge is 2.08. The van der Waals surface area contributed by atoms with E-state index in [1.54, 1.807) is 6.20 Å². The lowest BCUT2D eigenvalue weighted by molar-refractivity contribution is -0.116. The molecule has 2 aromatic carbocycles. The number of benzene rings is 2. The molecule has 0 bridgehead atoms. The van der Waals surface area contributed by atoms with E-state index in [9.17, 15) is 4.79 Å². The lowest BCUT2D eigenvalue weighted by Gasteiger charge is -2.08. The molecule has 2 heterocycles.